The van der Waals surface area contributed by atoms with Crippen LogP contribution in [0.2, 0.25) is 5.02 Å². The smallest absolute Gasteiger partial charge is 0.146 e. The van der Waals surface area contributed by atoms with E-state index in [-0.39, 0.29) is 6.10 Å². The van der Waals surface area contributed by atoms with Gasteiger partial charge in [-0.3, -0.25) is 4.98 Å². The van der Waals surface area contributed by atoms with Gasteiger partial charge in [0.25, 0.3) is 0 Å². The summed E-state index contributed by atoms with van der Waals surface area (Å²) >= 11 is 14.9. The van der Waals surface area contributed by atoms with Crippen LogP contribution < -0.4 is 10.1 Å². The lowest BCUT2D eigenvalue weighted by molar-refractivity contribution is 0.130. The summed E-state index contributed by atoms with van der Waals surface area (Å²) in [6.45, 7) is 8.22. The lowest BCUT2D eigenvalue weighted by atomic mass is 10.1. The van der Waals surface area contributed by atoms with Gasteiger partial charge in [-0.25, -0.2) is 0 Å². The van der Waals surface area contributed by atoms with Crippen molar-refractivity contribution in [2.24, 2.45) is 5.16 Å². The van der Waals surface area contributed by atoms with Crippen molar-refractivity contribution < 1.29 is 9.57 Å². The van der Waals surface area contributed by atoms with Crippen molar-refractivity contribution in [1.29, 1.82) is 0 Å². The molecule has 0 spiro atoms. The van der Waals surface area contributed by atoms with Gasteiger partial charge in [0, 0.05) is 21.1 Å². The molecule has 32 heavy (non-hydrogen) atoms. The fourth-order valence-corrected chi connectivity index (χ4v) is 3.80. The molecule has 0 aliphatic heterocycles. The molecular weight excluding hydrogens is 510 g/mol. The van der Waals surface area contributed by atoms with E-state index in [2.05, 4.69) is 31.4 Å². The molecule has 0 aliphatic rings. The van der Waals surface area contributed by atoms with Crippen LogP contribution in [0.15, 0.2) is 58.3 Å². The van der Waals surface area contributed by atoms with Crippen LogP contribution in [0, 0.1) is 6.92 Å². The predicted octanol–water partition coefficient (Wildman–Crippen LogP) is 6.62. The van der Waals surface area contributed by atoms with Gasteiger partial charge in [-0.2, -0.15) is 0 Å². The highest BCUT2D eigenvalue weighted by atomic mass is 79.9. The van der Waals surface area contributed by atoms with Crippen LogP contribution >= 0.6 is 39.7 Å². The van der Waals surface area contributed by atoms with E-state index < -0.39 is 5.54 Å². The Hall–Kier alpha value is -2.22. The number of benzene rings is 2. The largest absolute Gasteiger partial charge is 0.484 e. The lowest BCUT2D eigenvalue weighted by Crippen LogP contribution is -2.48. The van der Waals surface area contributed by atoms with Crippen molar-refractivity contribution >= 4 is 61.9 Å². The third-order valence-corrected chi connectivity index (χ3v) is 5.76. The second-order valence-electron chi connectivity index (χ2n) is 8.07. The summed E-state index contributed by atoms with van der Waals surface area (Å²) in [6, 6.07) is 13.4. The molecule has 0 fully saturated rings. The molecule has 3 rings (SSSR count). The fraction of sp³-hybridized carbons (Fsp3) is 0.292. The van der Waals surface area contributed by atoms with Crippen molar-refractivity contribution in [3.8, 4) is 5.75 Å². The average Bonchev–Trinajstić information content (AvgIpc) is 2.71. The number of nitrogens with zero attached hydrogens (tertiary/aromatic N) is 2. The maximum absolute atomic E-state index is 6.11. The van der Waals surface area contributed by atoms with Crippen molar-refractivity contribution in [1.82, 2.24) is 10.3 Å². The molecule has 1 aromatic heterocycles. The third-order valence-electron chi connectivity index (χ3n) is 4.64. The van der Waals surface area contributed by atoms with E-state index in [0.717, 1.165) is 32.3 Å². The number of oxime groups is 1. The van der Waals surface area contributed by atoms with Crippen LogP contribution in [-0.2, 0) is 11.4 Å². The number of ether oxygens (including phenoxy) is 1. The van der Waals surface area contributed by atoms with Gasteiger partial charge in [0.2, 0.25) is 0 Å². The monoisotopic (exact) mass is 533 g/mol. The van der Waals surface area contributed by atoms with E-state index in [0.29, 0.717) is 16.6 Å². The van der Waals surface area contributed by atoms with Crippen molar-refractivity contribution in [3.05, 3.63) is 69.3 Å². The number of fused-ring (bicyclic) bond motifs is 1. The maximum Gasteiger partial charge on any atom is 0.146 e. The molecule has 0 amide bonds. The predicted molar refractivity (Wildman–Crippen MR) is 139 cm³/mol. The minimum Gasteiger partial charge on any atom is -0.484 e. The molecule has 8 heteroatoms. The molecule has 1 unspecified atom stereocenters. The zero-order valence-corrected chi connectivity index (χ0v) is 21.5. The van der Waals surface area contributed by atoms with Gasteiger partial charge in [-0.1, -0.05) is 41.1 Å². The van der Waals surface area contributed by atoms with Gasteiger partial charge < -0.3 is 14.9 Å². The number of hydrogen-bond donors (Lipinski definition) is 1. The summed E-state index contributed by atoms with van der Waals surface area (Å²) in [7, 11) is 0. The van der Waals surface area contributed by atoms with Crippen LogP contribution in [0.3, 0.4) is 0 Å². The number of nitrogens with one attached hydrogen (secondary N) is 1. The molecule has 5 nitrogen and oxygen atoms in total. The van der Waals surface area contributed by atoms with Crippen molar-refractivity contribution in [2.45, 2.75) is 45.9 Å². The molecule has 0 bridgehead atoms. The standard InChI is InChI=1S/C24H25BrClN3O2S/c1-15-9-21(11-18-10-19(25)12-27-22(15)18)31-16(2)23(32)29-24(3,4)14-28-30-13-17-5-7-20(26)8-6-17/h5-12,14,16H,13H2,1-4H3,(H,29,32). The van der Waals surface area contributed by atoms with Crippen LogP contribution in [0.5, 0.6) is 5.75 Å². The van der Waals surface area contributed by atoms with Crippen molar-refractivity contribution in [2.75, 3.05) is 0 Å². The quantitative estimate of drug-likeness (QED) is 0.200. The number of halogens is 2. The Morgan fingerprint density at radius 2 is 2.00 bits per heavy atom. The third kappa shape index (κ3) is 6.89. The van der Waals surface area contributed by atoms with Gasteiger partial charge in [0.05, 0.1) is 17.3 Å². The van der Waals surface area contributed by atoms with E-state index in [9.17, 15) is 0 Å². The summed E-state index contributed by atoms with van der Waals surface area (Å²) in [6.07, 6.45) is 3.15. The highest BCUT2D eigenvalue weighted by Crippen LogP contribution is 2.26. The van der Waals surface area contributed by atoms with E-state index in [1.807, 2.05) is 70.2 Å². The first-order valence-electron chi connectivity index (χ1n) is 10.1. The van der Waals surface area contributed by atoms with Gasteiger partial charge >= 0.3 is 0 Å². The van der Waals surface area contributed by atoms with Gasteiger partial charge in [-0.15, -0.1) is 0 Å². The first-order chi connectivity index (χ1) is 15.1. The van der Waals surface area contributed by atoms with Crippen LogP contribution in [-0.4, -0.2) is 27.8 Å². The Morgan fingerprint density at radius 1 is 1.28 bits per heavy atom. The SMILES string of the molecule is Cc1cc(OC(C)C(=S)NC(C)(C)C=NOCc2ccc(Cl)cc2)cc2cc(Br)cnc12. The summed E-state index contributed by atoms with van der Waals surface area (Å²) in [5, 5.41) is 9.06. The summed E-state index contributed by atoms with van der Waals surface area (Å²) < 4.78 is 7.03. The van der Waals surface area contributed by atoms with E-state index in [4.69, 9.17) is 33.4 Å². The summed E-state index contributed by atoms with van der Waals surface area (Å²) in [5.41, 5.74) is 2.47. The second kappa shape index (κ2) is 10.6. The number of aryl methyl sites for hydroxylation is 1. The maximum atomic E-state index is 6.11. The van der Waals surface area contributed by atoms with Gasteiger partial charge in [0.1, 0.15) is 23.4 Å². The highest BCUT2D eigenvalue weighted by Gasteiger charge is 2.21. The Bertz CT molecular complexity index is 1140. The summed E-state index contributed by atoms with van der Waals surface area (Å²) in [5.74, 6) is 0.740. The Labute approximate surface area is 207 Å². The topological polar surface area (TPSA) is 55.7 Å². The normalized spacial score (nSPS) is 12.7. The average molecular weight is 535 g/mol. The molecule has 3 aromatic rings. The zero-order chi connectivity index (χ0) is 23.3. The molecule has 168 valence electrons. The van der Waals surface area contributed by atoms with E-state index in [1.54, 1.807) is 12.4 Å². The summed E-state index contributed by atoms with van der Waals surface area (Å²) in [4.78, 5) is 10.4. The molecule has 1 heterocycles. The number of hydrogen-bond acceptors (Lipinski definition) is 5. The van der Waals surface area contributed by atoms with E-state index >= 15 is 0 Å². The Balaban J connectivity index is 1.56. The van der Waals surface area contributed by atoms with Crippen LogP contribution in [0.1, 0.15) is 31.9 Å². The molecule has 0 aliphatic carbocycles. The minimum absolute atomic E-state index is 0.329. The van der Waals surface area contributed by atoms with Crippen LogP contribution in [0.4, 0.5) is 0 Å². The molecule has 2 aromatic carbocycles. The van der Waals surface area contributed by atoms with Crippen LogP contribution in [0.25, 0.3) is 10.9 Å². The molecule has 1 atom stereocenters. The first kappa shape index (κ1) is 24.4. The molecule has 0 saturated carbocycles. The van der Waals surface area contributed by atoms with E-state index in [1.165, 1.54) is 0 Å². The molecule has 1 N–H and O–H groups in total. The number of rotatable bonds is 8. The van der Waals surface area contributed by atoms with Gasteiger partial charge in [-0.05, 0) is 85.1 Å². The van der Waals surface area contributed by atoms with Gasteiger partial charge in [0.15, 0.2) is 0 Å². The number of pyridine rings is 1. The Kier molecular flexibility index (Phi) is 8.09. The lowest BCUT2D eigenvalue weighted by Gasteiger charge is -2.26. The zero-order valence-electron chi connectivity index (χ0n) is 18.4. The molecule has 0 radical (unpaired) electrons. The Morgan fingerprint density at radius 3 is 2.72 bits per heavy atom. The van der Waals surface area contributed by atoms with Crippen molar-refractivity contribution in [3.63, 3.8) is 0 Å². The first-order valence-corrected chi connectivity index (χ1v) is 11.7. The fourth-order valence-electron chi connectivity index (χ4n) is 3.01. The minimum atomic E-state index is -0.511. The number of thiocarbonyl (C=S) groups is 1. The molecular formula is C24H25BrClN3O2S. The second-order valence-corrected chi connectivity index (χ2v) is 9.86. The molecule has 0 saturated heterocycles. The highest BCUT2D eigenvalue weighted by molar-refractivity contribution is 9.10. The number of aromatic nitrogens is 1.